The Morgan fingerprint density at radius 2 is 2.00 bits per heavy atom. The number of ether oxygens (including phenoxy) is 1. The molecular formula is C14H18O2. The molecule has 0 amide bonds. The normalized spacial score (nSPS) is 23.3. The molecule has 0 saturated heterocycles. The third kappa shape index (κ3) is 1.73. The number of rotatable bonds is 3. The van der Waals surface area contributed by atoms with Crippen molar-refractivity contribution in [1.29, 1.82) is 0 Å². The summed E-state index contributed by atoms with van der Waals surface area (Å²) in [6.07, 6.45) is 0.984. The fourth-order valence-electron chi connectivity index (χ4n) is 2.20. The van der Waals surface area contributed by atoms with Crippen molar-refractivity contribution in [3.63, 3.8) is 0 Å². The lowest BCUT2D eigenvalue weighted by molar-refractivity contribution is 0.0936. The largest absolute Gasteiger partial charge is 0.494 e. The first kappa shape index (κ1) is 11.2. The van der Waals surface area contributed by atoms with Crippen molar-refractivity contribution in [2.45, 2.75) is 33.1 Å². The molecule has 0 saturated carbocycles. The topological polar surface area (TPSA) is 26.3 Å². The third-order valence-corrected chi connectivity index (χ3v) is 3.42. The van der Waals surface area contributed by atoms with Crippen LogP contribution >= 0.6 is 0 Å². The summed E-state index contributed by atoms with van der Waals surface area (Å²) in [5.41, 5.74) is 2.02. The number of carbonyl (C=O) groups is 1. The fourth-order valence-corrected chi connectivity index (χ4v) is 2.20. The zero-order valence-corrected chi connectivity index (χ0v) is 10.1. The van der Waals surface area contributed by atoms with Gasteiger partial charge in [-0.25, -0.2) is 0 Å². The van der Waals surface area contributed by atoms with E-state index in [1.807, 2.05) is 25.1 Å². The van der Waals surface area contributed by atoms with Crippen molar-refractivity contribution >= 4 is 5.78 Å². The Kier molecular flexibility index (Phi) is 2.99. The molecule has 0 fully saturated rings. The molecule has 0 aromatic heterocycles. The van der Waals surface area contributed by atoms with Crippen LogP contribution in [-0.4, -0.2) is 12.4 Å². The molecule has 2 nitrogen and oxygen atoms in total. The number of Topliss-reactive ketones (excluding diaryl/α,β-unsaturated/α-hetero) is 1. The van der Waals surface area contributed by atoms with Gasteiger partial charge >= 0.3 is 0 Å². The number of hydrogen-bond donors (Lipinski definition) is 0. The van der Waals surface area contributed by atoms with Gasteiger partial charge < -0.3 is 4.74 Å². The highest BCUT2D eigenvalue weighted by Crippen LogP contribution is 2.38. The predicted octanol–water partition coefficient (Wildman–Crippen LogP) is 3.41. The summed E-state index contributed by atoms with van der Waals surface area (Å²) in [5, 5.41) is 0. The van der Waals surface area contributed by atoms with Crippen LogP contribution in [0.3, 0.4) is 0 Å². The number of hydrogen-bond acceptors (Lipinski definition) is 2. The lowest BCUT2D eigenvalue weighted by atomic mass is 9.96. The van der Waals surface area contributed by atoms with Gasteiger partial charge in [-0.3, -0.25) is 4.79 Å². The minimum absolute atomic E-state index is 0.108. The highest BCUT2D eigenvalue weighted by Gasteiger charge is 2.33. The minimum Gasteiger partial charge on any atom is -0.494 e. The van der Waals surface area contributed by atoms with Gasteiger partial charge in [-0.1, -0.05) is 26.8 Å². The van der Waals surface area contributed by atoms with E-state index in [4.69, 9.17) is 4.74 Å². The van der Waals surface area contributed by atoms with E-state index in [9.17, 15) is 4.79 Å². The standard InChI is InChI=1S/C14H18O2/c1-4-7-16-11-5-6-12-9(2)10(3)14(15)13(12)8-11/h5-6,8-10H,4,7H2,1-3H3. The van der Waals surface area contributed by atoms with E-state index in [0.29, 0.717) is 12.5 Å². The molecule has 0 spiro atoms. The van der Waals surface area contributed by atoms with Crippen LogP contribution in [0.15, 0.2) is 18.2 Å². The van der Waals surface area contributed by atoms with E-state index >= 15 is 0 Å². The number of carbonyl (C=O) groups excluding carboxylic acids is 1. The Labute approximate surface area is 96.6 Å². The Hall–Kier alpha value is -1.31. The molecule has 1 aliphatic rings. The van der Waals surface area contributed by atoms with E-state index in [1.54, 1.807) is 0 Å². The number of benzene rings is 1. The predicted molar refractivity (Wildman–Crippen MR) is 64.1 cm³/mol. The Bertz CT molecular complexity index is 409. The molecule has 2 unspecified atom stereocenters. The molecular weight excluding hydrogens is 200 g/mol. The Morgan fingerprint density at radius 3 is 2.69 bits per heavy atom. The van der Waals surface area contributed by atoms with E-state index in [2.05, 4.69) is 13.8 Å². The van der Waals surface area contributed by atoms with Gasteiger partial charge in [-0.2, -0.15) is 0 Å². The average Bonchev–Trinajstić information content (AvgIpc) is 2.52. The minimum atomic E-state index is 0.108. The lowest BCUT2D eigenvalue weighted by Gasteiger charge is -2.08. The summed E-state index contributed by atoms with van der Waals surface area (Å²) in [6.45, 7) is 6.89. The second-order valence-corrected chi connectivity index (χ2v) is 4.54. The first-order valence-corrected chi connectivity index (χ1v) is 5.96. The molecule has 2 rings (SSSR count). The van der Waals surface area contributed by atoms with Crippen LogP contribution in [-0.2, 0) is 0 Å². The average molecular weight is 218 g/mol. The Morgan fingerprint density at radius 1 is 1.25 bits per heavy atom. The molecule has 0 bridgehead atoms. The molecule has 0 heterocycles. The van der Waals surface area contributed by atoms with Crippen molar-refractivity contribution < 1.29 is 9.53 Å². The molecule has 16 heavy (non-hydrogen) atoms. The van der Waals surface area contributed by atoms with Gasteiger partial charge in [0.15, 0.2) is 5.78 Å². The molecule has 1 aromatic carbocycles. The van der Waals surface area contributed by atoms with Crippen LogP contribution < -0.4 is 4.74 Å². The van der Waals surface area contributed by atoms with E-state index < -0.39 is 0 Å². The lowest BCUT2D eigenvalue weighted by Crippen LogP contribution is -2.06. The SMILES string of the molecule is CCCOc1ccc2c(c1)C(=O)C(C)C2C. The van der Waals surface area contributed by atoms with Crippen molar-refractivity contribution in [1.82, 2.24) is 0 Å². The molecule has 86 valence electrons. The fraction of sp³-hybridized carbons (Fsp3) is 0.500. The molecule has 2 atom stereocenters. The monoisotopic (exact) mass is 218 g/mol. The van der Waals surface area contributed by atoms with Gasteiger partial charge in [0, 0.05) is 11.5 Å². The summed E-state index contributed by atoms with van der Waals surface area (Å²) in [7, 11) is 0. The van der Waals surface area contributed by atoms with Gasteiger partial charge in [0.1, 0.15) is 5.75 Å². The van der Waals surface area contributed by atoms with Crippen LogP contribution in [0.1, 0.15) is 49.0 Å². The summed E-state index contributed by atoms with van der Waals surface area (Å²) >= 11 is 0. The maximum Gasteiger partial charge on any atom is 0.166 e. The molecule has 2 heteroatoms. The molecule has 0 aliphatic heterocycles. The maximum absolute atomic E-state index is 12.0. The summed E-state index contributed by atoms with van der Waals surface area (Å²) in [6, 6.07) is 5.90. The first-order chi connectivity index (χ1) is 7.65. The summed E-state index contributed by atoms with van der Waals surface area (Å²) < 4.78 is 5.55. The van der Waals surface area contributed by atoms with Gasteiger partial charge in [0.25, 0.3) is 0 Å². The van der Waals surface area contributed by atoms with Crippen LogP contribution in [0.5, 0.6) is 5.75 Å². The first-order valence-electron chi connectivity index (χ1n) is 5.96. The zero-order valence-electron chi connectivity index (χ0n) is 10.1. The number of fused-ring (bicyclic) bond motifs is 1. The second kappa shape index (κ2) is 4.28. The van der Waals surface area contributed by atoms with E-state index in [-0.39, 0.29) is 11.7 Å². The van der Waals surface area contributed by atoms with Gasteiger partial charge in [-0.05, 0) is 30.0 Å². The van der Waals surface area contributed by atoms with Crippen LogP contribution in [0, 0.1) is 5.92 Å². The second-order valence-electron chi connectivity index (χ2n) is 4.54. The maximum atomic E-state index is 12.0. The molecule has 0 N–H and O–H groups in total. The van der Waals surface area contributed by atoms with Gasteiger partial charge in [0.05, 0.1) is 6.61 Å². The van der Waals surface area contributed by atoms with Crippen molar-refractivity contribution in [2.75, 3.05) is 6.61 Å². The van der Waals surface area contributed by atoms with Gasteiger partial charge in [0.2, 0.25) is 0 Å². The third-order valence-electron chi connectivity index (χ3n) is 3.42. The van der Waals surface area contributed by atoms with E-state index in [0.717, 1.165) is 17.7 Å². The Balaban J connectivity index is 2.30. The van der Waals surface area contributed by atoms with Crippen molar-refractivity contribution in [2.24, 2.45) is 5.92 Å². The van der Waals surface area contributed by atoms with E-state index in [1.165, 1.54) is 5.56 Å². The highest BCUT2D eigenvalue weighted by molar-refractivity contribution is 6.03. The zero-order chi connectivity index (χ0) is 11.7. The van der Waals surface area contributed by atoms with Crippen molar-refractivity contribution in [3.05, 3.63) is 29.3 Å². The van der Waals surface area contributed by atoms with Crippen LogP contribution in [0.2, 0.25) is 0 Å². The quantitative estimate of drug-likeness (QED) is 0.777. The highest BCUT2D eigenvalue weighted by atomic mass is 16.5. The number of ketones is 1. The molecule has 0 radical (unpaired) electrons. The van der Waals surface area contributed by atoms with Crippen molar-refractivity contribution in [3.8, 4) is 5.75 Å². The summed E-state index contributed by atoms with van der Waals surface area (Å²) in [4.78, 5) is 12.0. The smallest absolute Gasteiger partial charge is 0.166 e. The molecule has 1 aromatic rings. The summed E-state index contributed by atoms with van der Waals surface area (Å²) in [5.74, 6) is 1.51. The van der Waals surface area contributed by atoms with Crippen LogP contribution in [0.4, 0.5) is 0 Å². The van der Waals surface area contributed by atoms with Gasteiger partial charge in [-0.15, -0.1) is 0 Å². The molecule has 1 aliphatic carbocycles. The van der Waals surface area contributed by atoms with Crippen LogP contribution in [0.25, 0.3) is 0 Å².